The molecular weight excluding hydrogens is 160 g/mol. The van der Waals surface area contributed by atoms with Gasteiger partial charge in [0.25, 0.3) is 0 Å². The number of hydrogen-bond donors (Lipinski definition) is 1. The lowest BCUT2D eigenvalue weighted by molar-refractivity contribution is 0.0726. The molecule has 74 valence electrons. The Morgan fingerprint density at radius 3 is 2.62 bits per heavy atom. The van der Waals surface area contributed by atoms with Gasteiger partial charge in [-0.2, -0.15) is 0 Å². The van der Waals surface area contributed by atoms with Crippen molar-refractivity contribution in [1.82, 2.24) is 10.2 Å². The van der Waals surface area contributed by atoms with Crippen molar-refractivity contribution < 1.29 is 0 Å². The summed E-state index contributed by atoms with van der Waals surface area (Å²) in [5, 5.41) is 3.70. The first-order valence-corrected chi connectivity index (χ1v) is 5.87. The van der Waals surface area contributed by atoms with Crippen LogP contribution >= 0.6 is 0 Å². The molecule has 0 amide bonds. The van der Waals surface area contributed by atoms with E-state index in [0.29, 0.717) is 0 Å². The minimum Gasteiger partial charge on any atom is -0.313 e. The fraction of sp³-hybridized carbons (Fsp3) is 1.00. The van der Waals surface area contributed by atoms with Gasteiger partial charge in [-0.1, -0.05) is 0 Å². The minimum absolute atomic E-state index is 0.866. The highest BCUT2D eigenvalue weighted by Crippen LogP contribution is 2.34. The maximum atomic E-state index is 3.70. The molecule has 4 rings (SSSR count). The van der Waals surface area contributed by atoms with Crippen LogP contribution in [0.15, 0.2) is 0 Å². The highest BCUT2D eigenvalue weighted by molar-refractivity contribution is 4.93. The summed E-state index contributed by atoms with van der Waals surface area (Å²) in [4.78, 5) is 2.63. The molecule has 2 heteroatoms. The van der Waals surface area contributed by atoms with Gasteiger partial charge < -0.3 is 10.2 Å². The molecular formula is C11H20N2. The molecule has 1 saturated carbocycles. The van der Waals surface area contributed by atoms with E-state index in [2.05, 4.69) is 10.2 Å². The molecule has 1 aliphatic carbocycles. The molecule has 3 aliphatic heterocycles. The van der Waals surface area contributed by atoms with E-state index in [1.54, 1.807) is 0 Å². The van der Waals surface area contributed by atoms with Crippen LogP contribution < -0.4 is 5.32 Å². The summed E-state index contributed by atoms with van der Waals surface area (Å²) in [6.07, 6.45) is 5.89. The summed E-state index contributed by atoms with van der Waals surface area (Å²) in [5.41, 5.74) is 0. The van der Waals surface area contributed by atoms with Gasteiger partial charge in [0, 0.05) is 12.6 Å². The van der Waals surface area contributed by atoms with Crippen LogP contribution in [0.2, 0.25) is 0 Å². The van der Waals surface area contributed by atoms with Gasteiger partial charge in [0.05, 0.1) is 0 Å². The topological polar surface area (TPSA) is 15.3 Å². The summed E-state index contributed by atoms with van der Waals surface area (Å²) in [6.45, 7) is 5.43. The first-order valence-electron chi connectivity index (χ1n) is 5.87. The van der Waals surface area contributed by atoms with Gasteiger partial charge in [0.15, 0.2) is 0 Å². The van der Waals surface area contributed by atoms with E-state index in [1.807, 2.05) is 0 Å². The predicted molar refractivity (Wildman–Crippen MR) is 53.7 cm³/mol. The summed E-state index contributed by atoms with van der Waals surface area (Å²) >= 11 is 0. The maximum Gasteiger partial charge on any atom is 0.0108 e. The van der Waals surface area contributed by atoms with Crippen molar-refractivity contribution in [1.29, 1.82) is 0 Å². The molecule has 2 bridgehead atoms. The summed E-state index contributed by atoms with van der Waals surface area (Å²) in [6, 6.07) is 0.866. The molecule has 0 aromatic heterocycles. The van der Waals surface area contributed by atoms with Crippen LogP contribution in [0.25, 0.3) is 0 Å². The van der Waals surface area contributed by atoms with E-state index in [4.69, 9.17) is 0 Å². The van der Waals surface area contributed by atoms with Gasteiger partial charge in [-0.15, -0.1) is 0 Å². The summed E-state index contributed by atoms with van der Waals surface area (Å²) in [5.74, 6) is 1.99. The quantitative estimate of drug-likeness (QED) is 0.684. The molecule has 3 unspecified atom stereocenters. The molecule has 0 spiro atoms. The highest BCUT2D eigenvalue weighted by atomic mass is 15.2. The average molecular weight is 180 g/mol. The fourth-order valence-electron chi connectivity index (χ4n) is 3.23. The Bertz CT molecular complexity index is 181. The van der Waals surface area contributed by atoms with Crippen molar-refractivity contribution in [3.8, 4) is 0 Å². The zero-order chi connectivity index (χ0) is 8.67. The maximum absolute atomic E-state index is 3.70. The second-order valence-corrected chi connectivity index (χ2v) is 5.11. The first-order chi connectivity index (χ1) is 6.42. The van der Waals surface area contributed by atoms with Gasteiger partial charge in [-0.05, 0) is 57.2 Å². The van der Waals surface area contributed by atoms with Crippen LogP contribution in [0.1, 0.15) is 25.7 Å². The van der Waals surface area contributed by atoms with Crippen molar-refractivity contribution >= 4 is 0 Å². The predicted octanol–water partition coefficient (Wildman–Crippen LogP) is 1.08. The van der Waals surface area contributed by atoms with E-state index in [-0.39, 0.29) is 0 Å². The van der Waals surface area contributed by atoms with Crippen LogP contribution in [0, 0.1) is 11.8 Å². The number of hydrogen-bond acceptors (Lipinski definition) is 2. The van der Waals surface area contributed by atoms with Gasteiger partial charge >= 0.3 is 0 Å². The van der Waals surface area contributed by atoms with Gasteiger partial charge in [-0.3, -0.25) is 0 Å². The number of nitrogens with zero attached hydrogens (tertiary/aromatic N) is 1. The molecule has 3 saturated heterocycles. The normalized spacial score (nSPS) is 44.8. The SMILES string of the molecule is C1CN(CC2CC3CCC2NC3)C1. The molecule has 0 aromatic carbocycles. The van der Waals surface area contributed by atoms with Crippen molar-refractivity contribution in [2.75, 3.05) is 26.2 Å². The Morgan fingerprint density at radius 2 is 2.15 bits per heavy atom. The van der Waals surface area contributed by atoms with Gasteiger partial charge in [0.2, 0.25) is 0 Å². The Kier molecular flexibility index (Phi) is 2.06. The van der Waals surface area contributed by atoms with E-state index >= 15 is 0 Å². The van der Waals surface area contributed by atoms with Crippen molar-refractivity contribution in [2.45, 2.75) is 31.7 Å². The third-order valence-electron chi connectivity index (χ3n) is 4.20. The van der Waals surface area contributed by atoms with Crippen LogP contribution in [-0.2, 0) is 0 Å². The van der Waals surface area contributed by atoms with E-state index in [0.717, 1.165) is 17.9 Å². The third-order valence-corrected chi connectivity index (χ3v) is 4.20. The van der Waals surface area contributed by atoms with Crippen LogP contribution in [0.5, 0.6) is 0 Å². The largest absolute Gasteiger partial charge is 0.313 e. The molecule has 0 radical (unpaired) electrons. The molecule has 1 N–H and O–H groups in total. The van der Waals surface area contributed by atoms with Crippen molar-refractivity contribution in [3.05, 3.63) is 0 Å². The molecule has 13 heavy (non-hydrogen) atoms. The van der Waals surface area contributed by atoms with E-state index in [9.17, 15) is 0 Å². The molecule has 3 atom stereocenters. The highest BCUT2D eigenvalue weighted by Gasteiger charge is 2.36. The first kappa shape index (κ1) is 8.25. The molecule has 4 fully saturated rings. The third kappa shape index (κ3) is 1.50. The number of rotatable bonds is 2. The van der Waals surface area contributed by atoms with Gasteiger partial charge in [0.1, 0.15) is 0 Å². The lowest BCUT2D eigenvalue weighted by Gasteiger charge is -2.46. The standard InChI is InChI=1S/C11H20N2/c1-4-13(5-1)8-10-6-9-2-3-11(10)12-7-9/h9-12H,1-8H2. The van der Waals surface area contributed by atoms with Crippen LogP contribution in [-0.4, -0.2) is 37.1 Å². The number of piperidine rings is 2. The molecule has 4 aliphatic rings. The monoisotopic (exact) mass is 180 g/mol. The van der Waals surface area contributed by atoms with E-state index in [1.165, 1.54) is 51.9 Å². The minimum atomic E-state index is 0.866. The molecule has 2 nitrogen and oxygen atoms in total. The summed E-state index contributed by atoms with van der Waals surface area (Å²) in [7, 11) is 0. The van der Waals surface area contributed by atoms with Crippen molar-refractivity contribution in [2.24, 2.45) is 11.8 Å². The average Bonchev–Trinajstić information content (AvgIpc) is 2.14. The fourth-order valence-corrected chi connectivity index (χ4v) is 3.23. The molecule has 0 aromatic rings. The molecule has 3 heterocycles. The van der Waals surface area contributed by atoms with Gasteiger partial charge in [-0.25, -0.2) is 0 Å². The zero-order valence-electron chi connectivity index (χ0n) is 8.34. The van der Waals surface area contributed by atoms with Crippen LogP contribution in [0.4, 0.5) is 0 Å². The number of likely N-dealkylation sites (tertiary alicyclic amines) is 1. The number of fused-ring (bicyclic) bond motifs is 3. The smallest absolute Gasteiger partial charge is 0.0108 e. The Balaban J connectivity index is 1.58. The second-order valence-electron chi connectivity index (χ2n) is 5.11. The van der Waals surface area contributed by atoms with E-state index < -0.39 is 0 Å². The number of nitrogens with one attached hydrogen (secondary N) is 1. The lowest BCUT2D eigenvalue weighted by Crippen LogP contribution is -2.54. The lowest BCUT2D eigenvalue weighted by atomic mass is 9.73. The zero-order valence-corrected chi connectivity index (χ0v) is 8.34. The summed E-state index contributed by atoms with van der Waals surface area (Å²) < 4.78 is 0. The second kappa shape index (κ2) is 3.25. The Morgan fingerprint density at radius 1 is 1.23 bits per heavy atom. The Hall–Kier alpha value is -0.0800. The van der Waals surface area contributed by atoms with Crippen LogP contribution in [0.3, 0.4) is 0 Å². The van der Waals surface area contributed by atoms with Crippen molar-refractivity contribution in [3.63, 3.8) is 0 Å². The Labute approximate surface area is 80.7 Å².